The Morgan fingerprint density at radius 2 is 1.57 bits per heavy atom. The van der Waals surface area contributed by atoms with E-state index in [4.69, 9.17) is 0 Å². The number of aryl methyl sites for hydroxylation is 3. The maximum absolute atomic E-state index is 11.7. The van der Waals surface area contributed by atoms with E-state index in [1.807, 2.05) is 45.2 Å². The van der Waals surface area contributed by atoms with Crippen molar-refractivity contribution in [2.45, 2.75) is 74.1 Å². The third-order valence-electron chi connectivity index (χ3n) is 7.37. The first-order chi connectivity index (χ1) is 18.7. The van der Waals surface area contributed by atoms with Gasteiger partial charge in [-0.1, -0.05) is 77.9 Å². The molecule has 4 rings (SSSR count). The first-order valence-electron chi connectivity index (χ1n) is 14.1. The first kappa shape index (κ1) is 33.6. The van der Waals surface area contributed by atoms with Gasteiger partial charge < -0.3 is 10.1 Å². The predicted octanol–water partition coefficient (Wildman–Crippen LogP) is 10.2. The molecule has 0 atom stereocenters. The van der Waals surface area contributed by atoms with Crippen molar-refractivity contribution >= 4 is 27.2 Å². The zero-order valence-electron chi connectivity index (χ0n) is 24.8. The van der Waals surface area contributed by atoms with E-state index >= 15 is 0 Å². The van der Waals surface area contributed by atoms with Crippen molar-refractivity contribution in [1.29, 1.82) is 0 Å². The van der Waals surface area contributed by atoms with E-state index in [-0.39, 0.29) is 43.5 Å². The minimum absolute atomic E-state index is 0. The summed E-state index contributed by atoms with van der Waals surface area (Å²) in [5, 5.41) is 11.0. The summed E-state index contributed by atoms with van der Waals surface area (Å²) in [6, 6.07) is 20.5. The summed E-state index contributed by atoms with van der Waals surface area (Å²) in [6.45, 7) is 14.5. The zero-order valence-corrected chi connectivity index (χ0v) is 28.0. The molecule has 5 heteroatoms. The number of hydrogen-bond acceptors (Lipinski definition) is 4. The molecule has 0 saturated carbocycles. The van der Waals surface area contributed by atoms with E-state index in [0.29, 0.717) is 0 Å². The maximum atomic E-state index is 11.7. The minimum atomic E-state index is 0. The summed E-state index contributed by atoms with van der Waals surface area (Å²) >= 11 is 1.81. The number of rotatable bonds is 9. The van der Waals surface area contributed by atoms with E-state index in [2.05, 4.69) is 80.4 Å². The van der Waals surface area contributed by atoms with Crippen LogP contribution in [0.3, 0.4) is 0 Å². The second-order valence-corrected chi connectivity index (χ2v) is 11.3. The molecule has 0 aliphatic rings. The molecule has 3 nitrogen and oxygen atoms in total. The quantitative estimate of drug-likeness (QED) is 0.106. The number of fused-ring (bicyclic) bond motifs is 1. The number of thiophene rings is 1. The number of allylic oxidation sites excluding steroid dienone is 2. The molecule has 0 bridgehead atoms. The summed E-state index contributed by atoms with van der Waals surface area (Å²) in [5.74, 6) is 0.547. The topological polar surface area (TPSA) is 50.2 Å². The Kier molecular flexibility index (Phi) is 13.4. The van der Waals surface area contributed by atoms with Crippen molar-refractivity contribution in [2.75, 3.05) is 0 Å². The molecular weight excluding hydrogens is 691 g/mol. The van der Waals surface area contributed by atoms with Crippen molar-refractivity contribution in [3.05, 3.63) is 89.3 Å². The summed E-state index contributed by atoms with van der Waals surface area (Å²) in [5.41, 5.74) is 7.06. The first-order valence-corrected chi connectivity index (χ1v) is 14.9. The Labute approximate surface area is 258 Å². The van der Waals surface area contributed by atoms with Gasteiger partial charge >= 0.3 is 0 Å². The Morgan fingerprint density at radius 3 is 2.15 bits per heavy atom. The minimum Gasteiger partial charge on any atom is -0.512 e. The third kappa shape index (κ3) is 8.46. The number of nitrogens with zero attached hydrogens (tertiary/aromatic N) is 1. The number of aliphatic hydroxyl groups is 1. The van der Waals surface area contributed by atoms with Gasteiger partial charge in [0.2, 0.25) is 0 Å². The number of aliphatic hydroxyl groups excluding tert-OH is 1. The molecule has 0 aliphatic carbocycles. The van der Waals surface area contributed by atoms with Gasteiger partial charge in [0.1, 0.15) is 0 Å². The SMILES string of the molecule is CCC(CC)C(=O)/C=C(\O)C(CC)CC.Cc1[c-]c(-c2cc3c(C)c(-c4ccccc4)sc3cn2)cc(C)c1.[Ir]. The molecule has 0 amide bonds. The van der Waals surface area contributed by atoms with Crippen LogP contribution in [0.25, 0.3) is 31.8 Å². The summed E-state index contributed by atoms with van der Waals surface area (Å²) in [6.07, 6.45) is 6.91. The number of carbonyl (C=O) groups excluding carboxylic acids is 1. The molecule has 1 N–H and O–H groups in total. The smallest absolute Gasteiger partial charge is 0.162 e. The van der Waals surface area contributed by atoms with Gasteiger partial charge in [0.25, 0.3) is 0 Å². The van der Waals surface area contributed by atoms with Crippen molar-refractivity contribution < 1.29 is 30.0 Å². The van der Waals surface area contributed by atoms with Gasteiger partial charge in [-0.05, 0) is 54.8 Å². The Morgan fingerprint density at radius 1 is 0.950 bits per heavy atom. The summed E-state index contributed by atoms with van der Waals surface area (Å²) in [7, 11) is 0. The van der Waals surface area contributed by atoms with Crippen LogP contribution in [0.5, 0.6) is 0 Å². The van der Waals surface area contributed by atoms with Crippen LogP contribution in [0.2, 0.25) is 0 Å². The predicted molar refractivity (Wildman–Crippen MR) is 167 cm³/mol. The molecule has 0 fully saturated rings. The molecule has 0 unspecified atom stereocenters. The fourth-order valence-corrected chi connectivity index (χ4v) is 6.12. The normalized spacial score (nSPS) is 11.4. The fourth-order valence-electron chi connectivity index (χ4n) is 4.95. The molecule has 40 heavy (non-hydrogen) atoms. The van der Waals surface area contributed by atoms with Gasteiger partial charge in [-0.3, -0.25) is 4.79 Å². The number of ketones is 1. The Bertz CT molecular complexity index is 1400. The largest absolute Gasteiger partial charge is 0.512 e. The maximum Gasteiger partial charge on any atom is 0.162 e. The van der Waals surface area contributed by atoms with Gasteiger partial charge in [-0.15, -0.1) is 46.2 Å². The van der Waals surface area contributed by atoms with Crippen LogP contribution < -0.4 is 0 Å². The fraction of sp³-hybridized carbons (Fsp3) is 0.371. The standard InChI is InChI=1S/C22H18NS.C13H24O2.Ir/c1-14-9-15(2)11-18(10-14)20-12-19-16(3)22(24-21(19)13-23-20)17-7-5-4-6-8-17;1-5-10(6-2)12(14)9-13(15)11(7-3)8-4;/h4-10,12-13H,1-3H3;9-11,14H,5-8H2,1-4H3;/q-1;;/b;12-9-;. The number of pyridine rings is 1. The molecule has 0 aliphatic heterocycles. The number of aromatic nitrogens is 1. The van der Waals surface area contributed by atoms with Crippen LogP contribution in [-0.2, 0) is 24.9 Å². The van der Waals surface area contributed by atoms with Crippen LogP contribution in [0.15, 0.2) is 66.6 Å². The molecule has 0 saturated heterocycles. The van der Waals surface area contributed by atoms with E-state index in [0.717, 1.165) is 42.5 Å². The van der Waals surface area contributed by atoms with Crippen LogP contribution in [0, 0.1) is 38.7 Å². The van der Waals surface area contributed by atoms with E-state index in [1.165, 1.54) is 37.7 Å². The van der Waals surface area contributed by atoms with Gasteiger partial charge in [0, 0.05) is 49.1 Å². The molecule has 4 aromatic rings. The van der Waals surface area contributed by atoms with Crippen molar-refractivity contribution in [1.82, 2.24) is 4.98 Å². The van der Waals surface area contributed by atoms with Gasteiger partial charge in [0.05, 0.1) is 10.5 Å². The number of hydrogen-bond donors (Lipinski definition) is 1. The van der Waals surface area contributed by atoms with E-state index in [1.54, 1.807) is 0 Å². The average Bonchev–Trinajstić information content (AvgIpc) is 3.26. The Balaban J connectivity index is 0.000000307. The molecule has 2 heterocycles. The monoisotopic (exact) mass is 733 g/mol. The molecule has 2 aromatic carbocycles. The van der Waals surface area contributed by atoms with Gasteiger partial charge in [-0.2, -0.15) is 0 Å². The van der Waals surface area contributed by atoms with Gasteiger partial charge in [0.15, 0.2) is 5.78 Å². The van der Waals surface area contributed by atoms with Crippen molar-refractivity contribution in [3.63, 3.8) is 0 Å². The average molecular weight is 733 g/mol. The summed E-state index contributed by atoms with van der Waals surface area (Å²) in [4.78, 5) is 17.7. The van der Waals surface area contributed by atoms with Crippen molar-refractivity contribution in [2.24, 2.45) is 11.8 Å². The molecule has 1 radical (unpaired) electrons. The number of benzene rings is 2. The van der Waals surface area contributed by atoms with E-state index in [9.17, 15) is 9.90 Å². The van der Waals surface area contributed by atoms with Crippen LogP contribution in [-0.4, -0.2) is 15.9 Å². The molecule has 2 aromatic heterocycles. The van der Waals surface area contributed by atoms with E-state index < -0.39 is 0 Å². The van der Waals surface area contributed by atoms with Crippen molar-refractivity contribution in [3.8, 4) is 21.7 Å². The second kappa shape index (κ2) is 16.0. The third-order valence-corrected chi connectivity index (χ3v) is 8.66. The second-order valence-electron chi connectivity index (χ2n) is 10.2. The number of carbonyl (C=O) groups is 1. The summed E-state index contributed by atoms with van der Waals surface area (Å²) < 4.78 is 1.24. The van der Waals surface area contributed by atoms with Crippen LogP contribution >= 0.6 is 11.3 Å². The molecular formula is C35H42IrNO2S-. The van der Waals surface area contributed by atoms with Crippen LogP contribution in [0.1, 0.15) is 70.1 Å². The van der Waals surface area contributed by atoms with Gasteiger partial charge in [-0.25, -0.2) is 0 Å². The molecule has 215 valence electrons. The zero-order chi connectivity index (χ0) is 28.5. The Hall–Kier alpha value is -2.59. The van der Waals surface area contributed by atoms with Crippen LogP contribution in [0.4, 0.5) is 0 Å². The molecule has 0 spiro atoms.